The van der Waals surface area contributed by atoms with E-state index >= 15 is 0 Å². The third kappa shape index (κ3) is 2.74. The number of hydrogen-bond donors (Lipinski definition) is 2. The van der Waals surface area contributed by atoms with Gasteiger partial charge in [-0.2, -0.15) is 0 Å². The average Bonchev–Trinajstić information content (AvgIpc) is 2.26. The Labute approximate surface area is 84.4 Å². The number of aliphatic imine (C=N–C) groups is 1. The fraction of sp³-hybridized carbons (Fsp3) is 0.300. The van der Waals surface area contributed by atoms with Crippen molar-refractivity contribution in [2.75, 3.05) is 13.6 Å². The van der Waals surface area contributed by atoms with Gasteiger partial charge in [0.15, 0.2) is 0 Å². The molecule has 0 spiro atoms. The van der Waals surface area contributed by atoms with Crippen LogP contribution in [0.1, 0.15) is 6.92 Å². The van der Waals surface area contributed by atoms with Crippen LogP contribution >= 0.6 is 0 Å². The Morgan fingerprint density at radius 3 is 2.57 bits per heavy atom. The molecule has 0 fully saturated rings. The fourth-order valence-electron chi connectivity index (χ4n) is 1.00. The molecule has 0 unspecified atom stereocenters. The molecule has 0 heterocycles. The van der Waals surface area contributed by atoms with Crippen molar-refractivity contribution < 1.29 is 0 Å². The molecule has 0 bridgehead atoms. The van der Waals surface area contributed by atoms with Crippen LogP contribution in [0.4, 0.5) is 5.69 Å². The van der Waals surface area contributed by atoms with Crippen molar-refractivity contribution in [2.24, 2.45) is 10.8 Å². The maximum atomic E-state index is 5.37. The minimum Gasteiger partial charge on any atom is -0.345 e. The molecule has 1 aromatic carbocycles. The van der Waals surface area contributed by atoms with Gasteiger partial charge in [-0.1, -0.05) is 18.2 Å². The van der Waals surface area contributed by atoms with Crippen molar-refractivity contribution in [1.29, 1.82) is 0 Å². The topological polar surface area (TPSA) is 53.6 Å². The van der Waals surface area contributed by atoms with E-state index < -0.39 is 0 Å². The second kappa shape index (κ2) is 5.24. The number of hydrogen-bond acceptors (Lipinski definition) is 2. The monoisotopic (exact) mass is 192 g/mol. The predicted octanol–water partition coefficient (Wildman–Crippen LogP) is 1.09. The molecule has 0 atom stereocenters. The van der Waals surface area contributed by atoms with Crippen LogP contribution in [-0.2, 0) is 0 Å². The lowest BCUT2D eigenvalue weighted by Crippen LogP contribution is -2.42. The van der Waals surface area contributed by atoms with Crippen LogP contribution in [0.5, 0.6) is 0 Å². The summed E-state index contributed by atoms with van der Waals surface area (Å²) in [5.74, 6) is 6.04. The molecule has 14 heavy (non-hydrogen) atoms. The Morgan fingerprint density at radius 2 is 2.07 bits per heavy atom. The molecule has 4 nitrogen and oxygen atoms in total. The molecule has 0 aliphatic rings. The second-order valence-electron chi connectivity index (χ2n) is 2.93. The number of rotatable bonds is 2. The molecule has 0 aliphatic carbocycles. The molecular weight excluding hydrogens is 176 g/mol. The lowest BCUT2D eigenvalue weighted by atomic mass is 10.3. The minimum atomic E-state index is 0.665. The predicted molar refractivity (Wildman–Crippen MR) is 59.2 cm³/mol. The summed E-state index contributed by atoms with van der Waals surface area (Å²) in [6.07, 6.45) is 0. The van der Waals surface area contributed by atoms with Crippen LogP contribution in [0, 0.1) is 0 Å². The molecule has 0 aromatic heterocycles. The molecule has 0 aliphatic heterocycles. The van der Waals surface area contributed by atoms with Crippen molar-refractivity contribution in [3.8, 4) is 0 Å². The molecule has 0 amide bonds. The first-order valence-corrected chi connectivity index (χ1v) is 4.59. The zero-order valence-electron chi connectivity index (χ0n) is 8.57. The van der Waals surface area contributed by atoms with Crippen molar-refractivity contribution in [3.05, 3.63) is 30.3 Å². The first kappa shape index (κ1) is 10.5. The fourth-order valence-corrected chi connectivity index (χ4v) is 1.00. The summed E-state index contributed by atoms with van der Waals surface area (Å²) >= 11 is 0. The van der Waals surface area contributed by atoms with Gasteiger partial charge >= 0.3 is 0 Å². The van der Waals surface area contributed by atoms with Crippen molar-refractivity contribution in [3.63, 3.8) is 0 Å². The van der Waals surface area contributed by atoms with Crippen LogP contribution in [-0.4, -0.2) is 24.5 Å². The lowest BCUT2D eigenvalue weighted by molar-refractivity contribution is 0.512. The quantitative estimate of drug-likeness (QED) is 0.319. The summed E-state index contributed by atoms with van der Waals surface area (Å²) in [6, 6.07) is 9.71. The van der Waals surface area contributed by atoms with Gasteiger partial charge in [0.1, 0.15) is 0 Å². The van der Waals surface area contributed by atoms with Gasteiger partial charge in [0, 0.05) is 13.6 Å². The van der Waals surface area contributed by atoms with Crippen LogP contribution < -0.4 is 11.3 Å². The van der Waals surface area contributed by atoms with Crippen molar-refractivity contribution >= 4 is 11.6 Å². The number of para-hydroxylation sites is 1. The Hall–Kier alpha value is -1.55. The van der Waals surface area contributed by atoms with Gasteiger partial charge in [-0.3, -0.25) is 5.43 Å². The van der Waals surface area contributed by atoms with E-state index in [0.717, 1.165) is 12.2 Å². The van der Waals surface area contributed by atoms with Gasteiger partial charge in [-0.25, -0.2) is 10.8 Å². The highest BCUT2D eigenvalue weighted by atomic mass is 15.4. The van der Waals surface area contributed by atoms with E-state index in [4.69, 9.17) is 5.84 Å². The largest absolute Gasteiger partial charge is 0.345 e. The number of nitrogens with one attached hydrogen (secondary N) is 1. The third-order valence-electron chi connectivity index (χ3n) is 1.96. The molecule has 3 N–H and O–H groups in total. The van der Waals surface area contributed by atoms with E-state index in [-0.39, 0.29) is 0 Å². The third-order valence-corrected chi connectivity index (χ3v) is 1.96. The van der Waals surface area contributed by atoms with E-state index in [1.165, 1.54) is 0 Å². The zero-order valence-corrected chi connectivity index (χ0v) is 8.57. The maximum Gasteiger partial charge on any atom is 0.213 e. The highest BCUT2D eigenvalue weighted by Crippen LogP contribution is 2.09. The second-order valence-corrected chi connectivity index (χ2v) is 2.93. The molecule has 1 rings (SSSR count). The Bertz CT molecular complexity index is 294. The molecular formula is C10H16N4. The van der Waals surface area contributed by atoms with Gasteiger partial charge in [-0.15, -0.1) is 0 Å². The average molecular weight is 192 g/mol. The van der Waals surface area contributed by atoms with Crippen LogP contribution in [0.15, 0.2) is 35.3 Å². The molecule has 0 saturated carbocycles. The van der Waals surface area contributed by atoms with Crippen LogP contribution in [0.2, 0.25) is 0 Å². The van der Waals surface area contributed by atoms with Crippen LogP contribution in [0.3, 0.4) is 0 Å². The van der Waals surface area contributed by atoms with E-state index in [1.807, 2.05) is 49.2 Å². The molecule has 1 aromatic rings. The first-order valence-electron chi connectivity index (χ1n) is 4.59. The lowest BCUT2D eigenvalue weighted by Gasteiger charge is -2.17. The van der Waals surface area contributed by atoms with Gasteiger partial charge in [0.05, 0.1) is 5.69 Å². The summed E-state index contributed by atoms with van der Waals surface area (Å²) in [5.41, 5.74) is 3.47. The maximum absolute atomic E-state index is 5.37. The smallest absolute Gasteiger partial charge is 0.213 e. The SMILES string of the molecule is CCN(C)C(=Nc1ccccc1)NN. The zero-order chi connectivity index (χ0) is 10.4. The number of nitrogens with two attached hydrogens (primary N) is 1. The summed E-state index contributed by atoms with van der Waals surface area (Å²) in [5, 5.41) is 0. The van der Waals surface area contributed by atoms with Gasteiger partial charge < -0.3 is 4.90 Å². The van der Waals surface area contributed by atoms with Crippen molar-refractivity contribution in [1.82, 2.24) is 10.3 Å². The Morgan fingerprint density at radius 1 is 1.43 bits per heavy atom. The Kier molecular flexibility index (Phi) is 3.94. The number of nitrogens with zero attached hydrogens (tertiary/aromatic N) is 2. The minimum absolute atomic E-state index is 0.665. The summed E-state index contributed by atoms with van der Waals surface area (Å²) in [7, 11) is 1.93. The summed E-state index contributed by atoms with van der Waals surface area (Å²) in [4.78, 5) is 6.29. The molecule has 0 saturated heterocycles. The van der Waals surface area contributed by atoms with Gasteiger partial charge in [-0.05, 0) is 19.1 Å². The van der Waals surface area contributed by atoms with E-state index in [1.54, 1.807) is 0 Å². The number of hydrazine groups is 1. The van der Waals surface area contributed by atoms with Crippen LogP contribution in [0.25, 0.3) is 0 Å². The first-order chi connectivity index (χ1) is 6.77. The van der Waals surface area contributed by atoms with Gasteiger partial charge in [0.25, 0.3) is 0 Å². The van der Waals surface area contributed by atoms with E-state index in [9.17, 15) is 0 Å². The summed E-state index contributed by atoms with van der Waals surface area (Å²) in [6.45, 7) is 2.90. The highest BCUT2D eigenvalue weighted by Gasteiger charge is 2.01. The van der Waals surface area contributed by atoms with E-state index in [2.05, 4.69) is 10.4 Å². The normalized spacial score (nSPS) is 11.2. The molecule has 4 heteroatoms. The number of guanidine groups is 1. The van der Waals surface area contributed by atoms with Gasteiger partial charge in [0.2, 0.25) is 5.96 Å². The van der Waals surface area contributed by atoms with E-state index in [0.29, 0.717) is 5.96 Å². The molecule has 0 radical (unpaired) electrons. The summed E-state index contributed by atoms with van der Waals surface area (Å²) < 4.78 is 0. The standard InChI is InChI=1S/C10H16N4/c1-3-14(2)10(13-11)12-9-7-5-4-6-8-9/h4-8H,3,11H2,1-2H3,(H,12,13). The number of benzene rings is 1. The molecule has 76 valence electrons. The highest BCUT2D eigenvalue weighted by molar-refractivity contribution is 5.81. The van der Waals surface area contributed by atoms with Crippen molar-refractivity contribution in [2.45, 2.75) is 6.92 Å². The Balaban J connectivity index is 2.84.